The first kappa shape index (κ1) is 8.94. The minimum atomic E-state index is 0.0931. The molecule has 0 saturated heterocycles. The van der Waals surface area contributed by atoms with Gasteiger partial charge in [-0.25, -0.2) is 0 Å². The second kappa shape index (κ2) is 3.50. The minimum absolute atomic E-state index is 0.0931. The number of hydrogen-bond donors (Lipinski definition) is 0. The molecule has 1 nitrogen and oxygen atoms in total. The van der Waals surface area contributed by atoms with E-state index in [4.69, 9.17) is 0 Å². The third-order valence-corrected chi connectivity index (χ3v) is 2.72. The molecule has 0 unspecified atom stereocenters. The van der Waals surface area contributed by atoms with Gasteiger partial charge in [-0.1, -0.05) is 36.6 Å². The van der Waals surface area contributed by atoms with Crippen molar-refractivity contribution < 1.29 is 0 Å². The Kier molecular flexibility index (Phi) is 2.61. The Balaban J connectivity index is 3.48. The fourth-order valence-corrected chi connectivity index (χ4v) is 1.68. The summed E-state index contributed by atoms with van der Waals surface area (Å²) in [4.78, 5) is 12.1. The van der Waals surface area contributed by atoms with Crippen LogP contribution in [0.25, 0.3) is 12.2 Å². The maximum Gasteiger partial charge on any atom is 0.235 e. The molecular formula is C10H10OS. The Morgan fingerprint density at radius 3 is 2.58 bits per heavy atom. The van der Waals surface area contributed by atoms with Gasteiger partial charge in [0.15, 0.2) is 0 Å². The highest BCUT2D eigenvalue weighted by molar-refractivity contribution is 7.10. The normalized spacial score (nSPS) is 9.42. The molecule has 1 aromatic heterocycles. The first-order valence-electron chi connectivity index (χ1n) is 3.58. The highest BCUT2D eigenvalue weighted by Crippen LogP contribution is 2.15. The molecule has 0 atom stereocenters. The Morgan fingerprint density at radius 1 is 1.42 bits per heavy atom. The number of rotatable bonds is 2. The van der Waals surface area contributed by atoms with E-state index in [9.17, 15) is 4.79 Å². The molecule has 1 aromatic rings. The average Bonchev–Trinajstić information content (AvgIpc) is 2.09. The first-order chi connectivity index (χ1) is 5.69. The smallest absolute Gasteiger partial charge is 0.235 e. The predicted octanol–water partition coefficient (Wildman–Crippen LogP) is 2.70. The van der Waals surface area contributed by atoms with Crippen molar-refractivity contribution in [1.82, 2.24) is 0 Å². The second-order valence-corrected chi connectivity index (χ2v) is 3.46. The standard InChI is InChI=1S/C10H10OS/c1-4-8-6-7(3)10(11)12-9(8)5-2/h4-6H,1-2H2,3H3. The van der Waals surface area contributed by atoms with Crippen molar-refractivity contribution in [2.24, 2.45) is 0 Å². The molecule has 0 aliphatic rings. The van der Waals surface area contributed by atoms with Gasteiger partial charge in [-0.2, -0.15) is 0 Å². The quantitative estimate of drug-likeness (QED) is 0.680. The lowest BCUT2D eigenvalue weighted by molar-refractivity contribution is 1.46. The molecule has 0 N–H and O–H groups in total. The van der Waals surface area contributed by atoms with E-state index in [1.54, 1.807) is 19.1 Å². The molecule has 0 radical (unpaired) electrons. The second-order valence-electron chi connectivity index (χ2n) is 2.44. The summed E-state index contributed by atoms with van der Waals surface area (Å²) in [7, 11) is 0. The van der Waals surface area contributed by atoms with Gasteiger partial charge in [-0.15, -0.1) is 0 Å². The zero-order valence-electron chi connectivity index (χ0n) is 6.96. The maximum atomic E-state index is 11.2. The van der Waals surface area contributed by atoms with E-state index in [1.807, 2.05) is 6.07 Å². The Bertz CT molecular complexity index is 374. The molecule has 0 aliphatic heterocycles. The van der Waals surface area contributed by atoms with E-state index in [0.717, 1.165) is 16.0 Å². The first-order valence-corrected chi connectivity index (χ1v) is 4.40. The molecule has 0 fully saturated rings. The summed E-state index contributed by atoms with van der Waals surface area (Å²) in [5, 5.41) is 0. The summed E-state index contributed by atoms with van der Waals surface area (Å²) in [6.45, 7) is 9.11. The minimum Gasteiger partial charge on any atom is -0.278 e. The molecule has 0 bridgehead atoms. The van der Waals surface area contributed by atoms with Crippen LogP contribution in [-0.2, 0) is 0 Å². The van der Waals surface area contributed by atoms with E-state index in [0.29, 0.717) is 0 Å². The monoisotopic (exact) mass is 178 g/mol. The Morgan fingerprint density at radius 2 is 2.08 bits per heavy atom. The molecule has 62 valence electrons. The van der Waals surface area contributed by atoms with Gasteiger partial charge < -0.3 is 0 Å². The van der Waals surface area contributed by atoms with Crippen LogP contribution in [-0.4, -0.2) is 0 Å². The zero-order valence-corrected chi connectivity index (χ0v) is 7.78. The van der Waals surface area contributed by atoms with Gasteiger partial charge in [-0.3, -0.25) is 4.79 Å². The van der Waals surface area contributed by atoms with E-state index in [2.05, 4.69) is 13.2 Å². The molecular weight excluding hydrogens is 168 g/mol. The van der Waals surface area contributed by atoms with Crippen LogP contribution in [0.5, 0.6) is 0 Å². The van der Waals surface area contributed by atoms with Crippen LogP contribution in [0, 0.1) is 6.92 Å². The highest BCUT2D eigenvalue weighted by Gasteiger charge is 2.00. The highest BCUT2D eigenvalue weighted by atomic mass is 32.1. The van der Waals surface area contributed by atoms with Crippen LogP contribution >= 0.6 is 11.3 Å². The topological polar surface area (TPSA) is 17.1 Å². The van der Waals surface area contributed by atoms with Crippen molar-refractivity contribution in [3.8, 4) is 0 Å². The molecule has 1 heterocycles. The van der Waals surface area contributed by atoms with Crippen molar-refractivity contribution in [2.75, 3.05) is 0 Å². The van der Waals surface area contributed by atoms with Crippen LogP contribution in [0.4, 0.5) is 0 Å². The van der Waals surface area contributed by atoms with Gasteiger partial charge in [0, 0.05) is 10.4 Å². The van der Waals surface area contributed by atoms with Crippen LogP contribution in [0.2, 0.25) is 0 Å². The molecule has 12 heavy (non-hydrogen) atoms. The summed E-state index contributed by atoms with van der Waals surface area (Å²) in [6, 6.07) is 1.84. The van der Waals surface area contributed by atoms with Crippen LogP contribution in [0.1, 0.15) is 16.0 Å². The van der Waals surface area contributed by atoms with Gasteiger partial charge in [0.2, 0.25) is 4.74 Å². The largest absolute Gasteiger partial charge is 0.278 e. The molecule has 0 saturated carbocycles. The van der Waals surface area contributed by atoms with E-state index >= 15 is 0 Å². The molecule has 0 aliphatic carbocycles. The summed E-state index contributed by atoms with van der Waals surface area (Å²) >= 11 is 1.21. The molecule has 0 spiro atoms. The van der Waals surface area contributed by atoms with Crippen LogP contribution < -0.4 is 4.74 Å². The Hall–Kier alpha value is -1.15. The molecule has 1 rings (SSSR count). The fraction of sp³-hybridized carbons (Fsp3) is 0.100. The van der Waals surface area contributed by atoms with Crippen LogP contribution in [0.3, 0.4) is 0 Å². The van der Waals surface area contributed by atoms with Gasteiger partial charge in [0.05, 0.1) is 0 Å². The molecule has 0 amide bonds. The van der Waals surface area contributed by atoms with Crippen molar-refractivity contribution in [1.29, 1.82) is 0 Å². The maximum absolute atomic E-state index is 11.2. The lowest BCUT2D eigenvalue weighted by atomic mass is 10.2. The SMILES string of the molecule is C=Cc1cc(C)c(=O)sc1C=C. The lowest BCUT2D eigenvalue weighted by Gasteiger charge is -1.98. The van der Waals surface area contributed by atoms with Gasteiger partial charge in [0.25, 0.3) is 0 Å². The van der Waals surface area contributed by atoms with Gasteiger partial charge in [0.1, 0.15) is 0 Å². The van der Waals surface area contributed by atoms with E-state index in [1.165, 1.54) is 11.3 Å². The summed E-state index contributed by atoms with van der Waals surface area (Å²) in [5.41, 5.74) is 1.74. The zero-order chi connectivity index (χ0) is 9.14. The van der Waals surface area contributed by atoms with E-state index in [-0.39, 0.29) is 4.74 Å². The van der Waals surface area contributed by atoms with Gasteiger partial charge >= 0.3 is 0 Å². The Labute approximate surface area is 75.7 Å². The van der Waals surface area contributed by atoms with Crippen molar-refractivity contribution in [3.05, 3.63) is 44.8 Å². The summed E-state index contributed by atoms with van der Waals surface area (Å²) in [6.07, 6.45) is 3.42. The van der Waals surface area contributed by atoms with Crippen molar-refractivity contribution >= 4 is 23.5 Å². The van der Waals surface area contributed by atoms with Crippen molar-refractivity contribution in [2.45, 2.75) is 6.92 Å². The molecule has 2 heteroatoms. The lowest BCUT2D eigenvalue weighted by Crippen LogP contribution is -1.99. The summed E-state index contributed by atoms with van der Waals surface area (Å²) < 4.78 is 0.0931. The average molecular weight is 178 g/mol. The fourth-order valence-electron chi connectivity index (χ4n) is 0.922. The number of hydrogen-bond acceptors (Lipinski definition) is 2. The third kappa shape index (κ3) is 1.53. The number of aryl methyl sites for hydroxylation is 1. The summed E-state index contributed by atoms with van der Waals surface area (Å²) in [5.74, 6) is 0. The van der Waals surface area contributed by atoms with Crippen LogP contribution in [0.15, 0.2) is 24.0 Å². The third-order valence-electron chi connectivity index (χ3n) is 1.59. The van der Waals surface area contributed by atoms with Crippen molar-refractivity contribution in [3.63, 3.8) is 0 Å². The van der Waals surface area contributed by atoms with Gasteiger partial charge in [-0.05, 0) is 18.6 Å². The predicted molar refractivity (Wildman–Crippen MR) is 55.5 cm³/mol. The van der Waals surface area contributed by atoms with E-state index < -0.39 is 0 Å². The molecule has 0 aromatic carbocycles.